The van der Waals surface area contributed by atoms with Crippen molar-refractivity contribution in [2.75, 3.05) is 0 Å². The van der Waals surface area contributed by atoms with Gasteiger partial charge < -0.3 is 0 Å². The molecule has 0 aliphatic carbocycles. The fraction of sp³-hybridized carbons (Fsp3) is 0.118. The van der Waals surface area contributed by atoms with Crippen molar-refractivity contribution in [1.29, 1.82) is 0 Å². The molecular formula is C17H15Cl2N3O2S. The summed E-state index contributed by atoms with van der Waals surface area (Å²) in [6, 6.07) is 13.7. The summed E-state index contributed by atoms with van der Waals surface area (Å²) in [5.41, 5.74) is 1.93. The van der Waals surface area contributed by atoms with Gasteiger partial charge in [-0.1, -0.05) is 47.5 Å². The lowest BCUT2D eigenvalue weighted by atomic mass is 10.1. The van der Waals surface area contributed by atoms with Gasteiger partial charge in [0.15, 0.2) is 0 Å². The second kappa shape index (κ2) is 7.58. The van der Waals surface area contributed by atoms with Gasteiger partial charge in [-0.3, -0.25) is 4.68 Å². The molecule has 5 nitrogen and oxygen atoms in total. The lowest BCUT2D eigenvalue weighted by Crippen LogP contribution is -2.23. The van der Waals surface area contributed by atoms with Gasteiger partial charge in [-0.2, -0.15) is 5.10 Å². The maximum atomic E-state index is 12.3. The number of sulfonamides is 1. The van der Waals surface area contributed by atoms with Gasteiger partial charge >= 0.3 is 0 Å². The zero-order valence-corrected chi connectivity index (χ0v) is 15.4. The van der Waals surface area contributed by atoms with E-state index in [0.29, 0.717) is 6.54 Å². The van der Waals surface area contributed by atoms with Crippen LogP contribution in [0.3, 0.4) is 0 Å². The summed E-state index contributed by atoms with van der Waals surface area (Å²) < 4.78 is 29.1. The Kier molecular flexibility index (Phi) is 5.44. The summed E-state index contributed by atoms with van der Waals surface area (Å²) in [6.45, 7) is 0.842. The highest BCUT2D eigenvalue weighted by molar-refractivity contribution is 7.89. The molecule has 0 unspecified atom stereocenters. The van der Waals surface area contributed by atoms with E-state index in [1.165, 1.54) is 18.2 Å². The van der Waals surface area contributed by atoms with Crippen molar-refractivity contribution in [3.05, 3.63) is 82.1 Å². The molecule has 0 atom stereocenters. The number of hydrogen-bond donors (Lipinski definition) is 1. The molecule has 1 N–H and O–H groups in total. The van der Waals surface area contributed by atoms with Crippen molar-refractivity contribution in [3.63, 3.8) is 0 Å². The third-order valence-corrected chi connectivity index (χ3v) is 5.36. The molecule has 0 spiro atoms. The van der Waals surface area contributed by atoms with E-state index in [1.54, 1.807) is 6.20 Å². The number of rotatable bonds is 6. The third-order valence-electron chi connectivity index (χ3n) is 3.54. The van der Waals surface area contributed by atoms with Crippen LogP contribution < -0.4 is 4.72 Å². The van der Waals surface area contributed by atoms with Crippen LogP contribution in [-0.2, 0) is 23.1 Å². The second-order valence-electron chi connectivity index (χ2n) is 5.45. The summed E-state index contributed by atoms with van der Waals surface area (Å²) in [5.74, 6) is 0. The van der Waals surface area contributed by atoms with E-state index in [9.17, 15) is 8.42 Å². The first-order valence-corrected chi connectivity index (χ1v) is 9.67. The molecule has 0 aliphatic rings. The van der Waals surface area contributed by atoms with E-state index in [4.69, 9.17) is 23.2 Å². The maximum absolute atomic E-state index is 12.3. The maximum Gasteiger partial charge on any atom is 0.240 e. The third kappa shape index (κ3) is 4.83. The number of benzene rings is 2. The summed E-state index contributed by atoms with van der Waals surface area (Å²) in [5, 5.41) is 4.70. The predicted octanol–water partition coefficient (Wildman–Crippen LogP) is 3.72. The molecular weight excluding hydrogens is 381 g/mol. The van der Waals surface area contributed by atoms with Crippen molar-refractivity contribution in [2.24, 2.45) is 0 Å². The number of nitrogens with one attached hydrogen (secondary N) is 1. The fourth-order valence-corrected chi connectivity index (χ4v) is 4.03. The highest BCUT2D eigenvalue weighted by atomic mass is 35.5. The molecule has 3 rings (SSSR count). The van der Waals surface area contributed by atoms with Crippen LogP contribution in [0.5, 0.6) is 0 Å². The van der Waals surface area contributed by atoms with Gasteiger partial charge in [0.25, 0.3) is 0 Å². The Labute approximate surface area is 156 Å². The Morgan fingerprint density at radius 2 is 1.64 bits per heavy atom. The first-order chi connectivity index (χ1) is 11.9. The zero-order valence-electron chi connectivity index (χ0n) is 13.1. The molecule has 0 bridgehead atoms. The number of hydrogen-bond acceptors (Lipinski definition) is 3. The van der Waals surface area contributed by atoms with Crippen LogP contribution in [0.15, 0.2) is 65.8 Å². The van der Waals surface area contributed by atoms with Crippen LogP contribution in [0, 0.1) is 0 Å². The summed E-state index contributed by atoms with van der Waals surface area (Å²) >= 11 is 11.7. The molecule has 2 aromatic carbocycles. The van der Waals surface area contributed by atoms with Crippen molar-refractivity contribution in [3.8, 4) is 0 Å². The van der Waals surface area contributed by atoms with Crippen molar-refractivity contribution in [2.45, 2.75) is 18.0 Å². The lowest BCUT2D eigenvalue weighted by molar-refractivity contribution is 0.581. The number of halogens is 2. The van der Waals surface area contributed by atoms with Crippen molar-refractivity contribution < 1.29 is 8.42 Å². The minimum Gasteiger partial charge on any atom is -0.268 e. The lowest BCUT2D eigenvalue weighted by Gasteiger charge is -2.09. The van der Waals surface area contributed by atoms with Crippen LogP contribution in [0.1, 0.15) is 11.1 Å². The summed E-state index contributed by atoms with van der Waals surface area (Å²) in [4.78, 5) is 0.0419. The first-order valence-electron chi connectivity index (χ1n) is 7.43. The molecule has 0 amide bonds. The Bertz CT molecular complexity index is 936. The minimum atomic E-state index is -3.69. The molecule has 25 heavy (non-hydrogen) atoms. The normalized spacial score (nSPS) is 11.6. The minimum absolute atomic E-state index is 0.0419. The Morgan fingerprint density at radius 1 is 1.00 bits per heavy atom. The molecule has 0 saturated carbocycles. The van der Waals surface area contributed by atoms with Gasteiger partial charge in [-0.25, -0.2) is 13.1 Å². The van der Waals surface area contributed by atoms with Crippen LogP contribution >= 0.6 is 23.2 Å². The highest BCUT2D eigenvalue weighted by Gasteiger charge is 2.15. The van der Waals surface area contributed by atoms with E-state index in [1.807, 2.05) is 41.2 Å². The second-order valence-corrected chi connectivity index (χ2v) is 8.09. The van der Waals surface area contributed by atoms with Crippen molar-refractivity contribution in [1.82, 2.24) is 14.5 Å². The molecule has 0 fully saturated rings. The average molecular weight is 396 g/mol. The van der Waals surface area contributed by atoms with Gasteiger partial charge in [0.2, 0.25) is 10.0 Å². The monoisotopic (exact) mass is 395 g/mol. The molecule has 1 heterocycles. The van der Waals surface area contributed by atoms with E-state index in [2.05, 4.69) is 9.82 Å². The van der Waals surface area contributed by atoms with Gasteiger partial charge in [0.05, 0.1) is 11.4 Å². The predicted molar refractivity (Wildman–Crippen MR) is 98.3 cm³/mol. The molecule has 8 heteroatoms. The summed E-state index contributed by atoms with van der Waals surface area (Å²) in [6.07, 6.45) is 3.61. The molecule has 0 saturated heterocycles. The standard InChI is InChI=1S/C17H15Cl2N3O2S/c18-15-8-16(19)10-17(9-15)25(23,24)21-11-13-2-4-14(5-3-13)12-22-7-1-6-20-22/h1-10,21H,11-12H2. The van der Waals surface area contributed by atoms with E-state index >= 15 is 0 Å². The van der Waals surface area contributed by atoms with Gasteiger partial charge in [-0.15, -0.1) is 0 Å². The number of nitrogens with zero attached hydrogens (tertiary/aromatic N) is 2. The van der Waals surface area contributed by atoms with Crippen LogP contribution in [-0.4, -0.2) is 18.2 Å². The van der Waals surface area contributed by atoms with E-state index in [-0.39, 0.29) is 21.5 Å². The van der Waals surface area contributed by atoms with E-state index in [0.717, 1.165) is 11.1 Å². The number of aromatic nitrogens is 2. The highest BCUT2D eigenvalue weighted by Crippen LogP contribution is 2.22. The van der Waals surface area contributed by atoms with Gasteiger partial charge in [0.1, 0.15) is 0 Å². The smallest absolute Gasteiger partial charge is 0.240 e. The Morgan fingerprint density at radius 3 is 2.24 bits per heavy atom. The van der Waals surface area contributed by atoms with Crippen LogP contribution in [0.2, 0.25) is 10.0 Å². The molecule has 0 aliphatic heterocycles. The Balaban J connectivity index is 1.66. The zero-order chi connectivity index (χ0) is 17.9. The summed E-state index contributed by atoms with van der Waals surface area (Å²) in [7, 11) is -3.69. The van der Waals surface area contributed by atoms with Gasteiger partial charge in [-0.05, 0) is 35.4 Å². The fourth-order valence-electron chi connectivity index (χ4n) is 2.29. The topological polar surface area (TPSA) is 64.0 Å². The molecule has 0 radical (unpaired) electrons. The SMILES string of the molecule is O=S(=O)(NCc1ccc(Cn2cccn2)cc1)c1cc(Cl)cc(Cl)c1. The van der Waals surface area contributed by atoms with Crippen LogP contribution in [0.4, 0.5) is 0 Å². The largest absolute Gasteiger partial charge is 0.268 e. The van der Waals surface area contributed by atoms with E-state index < -0.39 is 10.0 Å². The first kappa shape index (κ1) is 17.9. The van der Waals surface area contributed by atoms with Gasteiger partial charge in [0, 0.05) is 29.0 Å². The average Bonchev–Trinajstić information content (AvgIpc) is 3.06. The quantitative estimate of drug-likeness (QED) is 0.691. The molecule has 3 aromatic rings. The Hall–Kier alpha value is -1.86. The van der Waals surface area contributed by atoms with Crippen LogP contribution in [0.25, 0.3) is 0 Å². The molecule has 130 valence electrons. The van der Waals surface area contributed by atoms with Crippen molar-refractivity contribution >= 4 is 33.2 Å². The molecule has 1 aromatic heterocycles.